The second-order valence-electron chi connectivity index (χ2n) is 5.36. The minimum absolute atomic E-state index is 0.170. The second kappa shape index (κ2) is 7.76. The summed E-state index contributed by atoms with van der Waals surface area (Å²) >= 11 is 8.76. The van der Waals surface area contributed by atoms with Crippen LogP contribution in [0.2, 0.25) is 0 Å². The zero-order valence-electron chi connectivity index (χ0n) is 13.5. The summed E-state index contributed by atoms with van der Waals surface area (Å²) in [5.74, 6) is 0.542. The van der Waals surface area contributed by atoms with E-state index >= 15 is 0 Å². The number of carbonyl (C=O) groups excluding carboxylic acids is 1. The summed E-state index contributed by atoms with van der Waals surface area (Å²) < 4.78 is 6.53. The molecule has 1 saturated heterocycles. The maximum Gasteiger partial charge on any atom is 0.276 e. The van der Waals surface area contributed by atoms with Gasteiger partial charge >= 0.3 is 0 Å². The summed E-state index contributed by atoms with van der Waals surface area (Å²) in [6.07, 6.45) is 5.17. The fraction of sp³-hybridized carbons (Fsp3) is 0.167. The quantitative estimate of drug-likeness (QED) is 0.595. The summed E-state index contributed by atoms with van der Waals surface area (Å²) in [5, 5.41) is 3.37. The Balaban J connectivity index is 1.87. The van der Waals surface area contributed by atoms with Gasteiger partial charge in [-0.25, -0.2) is 0 Å². The van der Waals surface area contributed by atoms with Crippen molar-refractivity contribution in [3.63, 3.8) is 0 Å². The molecule has 0 unspecified atom stereocenters. The lowest BCUT2D eigenvalue weighted by Gasteiger charge is -2.13. The third-order valence-corrected chi connectivity index (χ3v) is 4.41. The number of pyridine rings is 1. The number of thiocarbonyl (C=S) groups is 1. The van der Waals surface area contributed by atoms with Gasteiger partial charge in [0, 0.05) is 22.4 Å². The van der Waals surface area contributed by atoms with Gasteiger partial charge in [-0.1, -0.05) is 22.0 Å². The lowest BCUT2D eigenvalue weighted by Crippen LogP contribution is -2.30. The van der Waals surface area contributed by atoms with E-state index in [0.29, 0.717) is 29.7 Å². The number of carbonyl (C=O) groups is 1. The van der Waals surface area contributed by atoms with Crippen LogP contribution in [-0.4, -0.2) is 27.5 Å². The Morgan fingerprint density at radius 3 is 2.96 bits per heavy atom. The molecule has 3 rings (SSSR count). The van der Waals surface area contributed by atoms with Crippen LogP contribution in [0, 0.1) is 0 Å². The molecule has 0 atom stereocenters. The fourth-order valence-electron chi connectivity index (χ4n) is 2.46. The average Bonchev–Trinajstić information content (AvgIpc) is 2.86. The molecule has 7 heteroatoms. The summed E-state index contributed by atoms with van der Waals surface area (Å²) in [7, 11) is 0. The number of ether oxygens (including phenoxy) is 1. The second-order valence-corrected chi connectivity index (χ2v) is 6.66. The predicted molar refractivity (Wildman–Crippen MR) is 104 cm³/mol. The normalized spacial score (nSPS) is 15.6. The van der Waals surface area contributed by atoms with Crippen LogP contribution in [0.4, 0.5) is 0 Å². The van der Waals surface area contributed by atoms with Crippen LogP contribution < -0.4 is 10.1 Å². The molecule has 0 aliphatic carbocycles. The zero-order valence-corrected chi connectivity index (χ0v) is 15.9. The van der Waals surface area contributed by atoms with E-state index in [9.17, 15) is 4.79 Å². The molecule has 2 heterocycles. The molecular formula is C18H16BrN3O2S. The van der Waals surface area contributed by atoms with Gasteiger partial charge in [0.05, 0.1) is 13.2 Å². The first kappa shape index (κ1) is 17.6. The monoisotopic (exact) mass is 417 g/mol. The first-order valence-corrected chi connectivity index (χ1v) is 8.94. The van der Waals surface area contributed by atoms with Gasteiger partial charge in [0.1, 0.15) is 11.4 Å². The molecule has 1 aliphatic heterocycles. The SMILES string of the molecule is CCOc1ccc(Br)cc1C=C1NC(=S)N(Cc2cccnc2)C1=O. The van der Waals surface area contributed by atoms with Gasteiger partial charge in [-0.2, -0.15) is 0 Å². The van der Waals surface area contributed by atoms with E-state index in [1.54, 1.807) is 18.5 Å². The third-order valence-electron chi connectivity index (χ3n) is 3.60. The largest absolute Gasteiger partial charge is 0.493 e. The molecule has 1 aromatic heterocycles. The third kappa shape index (κ3) is 4.05. The van der Waals surface area contributed by atoms with Crippen LogP contribution in [0.3, 0.4) is 0 Å². The lowest BCUT2D eigenvalue weighted by molar-refractivity contribution is -0.122. The van der Waals surface area contributed by atoms with Crippen molar-refractivity contribution >= 4 is 45.2 Å². The van der Waals surface area contributed by atoms with E-state index in [-0.39, 0.29) is 5.91 Å². The lowest BCUT2D eigenvalue weighted by atomic mass is 10.1. The number of hydrogen-bond donors (Lipinski definition) is 1. The Morgan fingerprint density at radius 1 is 1.40 bits per heavy atom. The van der Waals surface area contributed by atoms with Crippen LogP contribution in [0.5, 0.6) is 5.75 Å². The molecule has 5 nitrogen and oxygen atoms in total. The Morgan fingerprint density at radius 2 is 2.24 bits per heavy atom. The van der Waals surface area contributed by atoms with Crippen LogP contribution >= 0.6 is 28.1 Å². The molecule has 0 bridgehead atoms. The number of benzene rings is 1. The van der Waals surface area contributed by atoms with E-state index in [4.69, 9.17) is 17.0 Å². The minimum atomic E-state index is -0.170. The van der Waals surface area contributed by atoms with E-state index in [1.165, 1.54) is 4.90 Å². The number of rotatable bonds is 5. The molecule has 1 aliphatic rings. The Kier molecular flexibility index (Phi) is 5.45. The smallest absolute Gasteiger partial charge is 0.276 e. The Labute approximate surface area is 159 Å². The summed E-state index contributed by atoms with van der Waals surface area (Å²) in [6, 6.07) is 9.41. The van der Waals surface area contributed by atoms with Gasteiger partial charge in [-0.3, -0.25) is 14.7 Å². The highest BCUT2D eigenvalue weighted by Gasteiger charge is 2.30. The maximum atomic E-state index is 12.7. The van der Waals surface area contributed by atoms with Crippen molar-refractivity contribution in [3.05, 3.63) is 64.0 Å². The molecule has 1 fully saturated rings. The van der Waals surface area contributed by atoms with Gasteiger partial charge in [-0.15, -0.1) is 0 Å². The zero-order chi connectivity index (χ0) is 17.8. The number of halogens is 1. The topological polar surface area (TPSA) is 54.5 Å². The molecule has 1 N–H and O–H groups in total. The summed E-state index contributed by atoms with van der Waals surface area (Å²) in [6.45, 7) is 2.85. The minimum Gasteiger partial charge on any atom is -0.493 e. The van der Waals surface area contributed by atoms with Crippen molar-refractivity contribution in [2.75, 3.05) is 6.61 Å². The van der Waals surface area contributed by atoms with Crippen LogP contribution in [-0.2, 0) is 11.3 Å². The van der Waals surface area contributed by atoms with Gasteiger partial charge in [0.25, 0.3) is 5.91 Å². The van der Waals surface area contributed by atoms with E-state index in [1.807, 2.05) is 37.3 Å². The van der Waals surface area contributed by atoms with Gasteiger partial charge in [-0.05, 0) is 55.0 Å². The van der Waals surface area contributed by atoms with Crippen molar-refractivity contribution in [1.29, 1.82) is 0 Å². The number of nitrogens with one attached hydrogen (secondary N) is 1. The molecule has 0 spiro atoms. The number of hydrogen-bond acceptors (Lipinski definition) is 4. The number of nitrogens with zero attached hydrogens (tertiary/aromatic N) is 2. The highest BCUT2D eigenvalue weighted by molar-refractivity contribution is 9.10. The van der Waals surface area contributed by atoms with Crippen molar-refractivity contribution in [2.45, 2.75) is 13.5 Å². The first-order valence-electron chi connectivity index (χ1n) is 7.74. The molecule has 2 aromatic rings. The van der Waals surface area contributed by atoms with Crippen molar-refractivity contribution in [3.8, 4) is 5.75 Å². The summed E-state index contributed by atoms with van der Waals surface area (Å²) in [5.41, 5.74) is 2.14. The predicted octanol–water partition coefficient (Wildman–Crippen LogP) is 3.50. The maximum absolute atomic E-state index is 12.7. The molecule has 1 aromatic carbocycles. The standard InChI is InChI=1S/C18H16BrN3O2S/c1-2-24-16-6-5-14(19)8-13(16)9-15-17(23)22(18(25)21-15)11-12-4-3-7-20-10-12/h3-10H,2,11H2,1H3,(H,21,25). The molecule has 0 saturated carbocycles. The van der Waals surface area contributed by atoms with Crippen molar-refractivity contribution < 1.29 is 9.53 Å². The van der Waals surface area contributed by atoms with Crippen LogP contribution in [0.1, 0.15) is 18.1 Å². The average molecular weight is 418 g/mol. The number of amides is 1. The highest BCUT2D eigenvalue weighted by atomic mass is 79.9. The van der Waals surface area contributed by atoms with Gasteiger partial charge in [0.15, 0.2) is 5.11 Å². The van der Waals surface area contributed by atoms with Crippen molar-refractivity contribution in [1.82, 2.24) is 15.2 Å². The van der Waals surface area contributed by atoms with Crippen molar-refractivity contribution in [2.24, 2.45) is 0 Å². The van der Waals surface area contributed by atoms with E-state index in [0.717, 1.165) is 15.6 Å². The first-order chi connectivity index (χ1) is 12.1. The Bertz CT molecular complexity index is 839. The van der Waals surface area contributed by atoms with Gasteiger partial charge in [0.2, 0.25) is 0 Å². The molecule has 128 valence electrons. The number of aromatic nitrogens is 1. The highest BCUT2D eigenvalue weighted by Crippen LogP contribution is 2.27. The summed E-state index contributed by atoms with van der Waals surface area (Å²) in [4.78, 5) is 18.3. The van der Waals surface area contributed by atoms with E-state index < -0.39 is 0 Å². The molecular weight excluding hydrogens is 402 g/mol. The fourth-order valence-corrected chi connectivity index (χ4v) is 3.10. The Hall–Kier alpha value is -2.25. The van der Waals surface area contributed by atoms with Crippen LogP contribution in [0.15, 0.2) is 52.9 Å². The van der Waals surface area contributed by atoms with Gasteiger partial charge < -0.3 is 10.1 Å². The molecule has 25 heavy (non-hydrogen) atoms. The van der Waals surface area contributed by atoms with Crippen LogP contribution in [0.25, 0.3) is 6.08 Å². The molecule has 1 amide bonds. The molecule has 0 radical (unpaired) electrons. The van der Waals surface area contributed by atoms with E-state index in [2.05, 4.69) is 26.2 Å².